The number of aromatic nitrogens is 4. The molecule has 0 aliphatic rings. The van der Waals surface area contributed by atoms with Gasteiger partial charge in [0.15, 0.2) is 0 Å². The van der Waals surface area contributed by atoms with Gasteiger partial charge in [0.05, 0.1) is 0 Å². The Morgan fingerprint density at radius 3 is 2.56 bits per heavy atom. The van der Waals surface area contributed by atoms with Gasteiger partial charge in [0.1, 0.15) is 0 Å². The molecule has 0 fully saturated rings. The summed E-state index contributed by atoms with van der Waals surface area (Å²) in [5, 5.41) is 17.2. The van der Waals surface area contributed by atoms with Gasteiger partial charge in [-0.05, 0) is 29.5 Å². The number of benzene rings is 1. The van der Waals surface area contributed by atoms with Gasteiger partial charge in [-0.3, -0.25) is 15.4 Å². The fraction of sp³-hybridized carbons (Fsp3) is 0. The summed E-state index contributed by atoms with van der Waals surface area (Å²) in [6, 6.07) is 5.34. The third kappa shape index (κ3) is 3.01. The Morgan fingerprint density at radius 2 is 1.94 bits per heavy atom. The van der Waals surface area contributed by atoms with Crippen molar-refractivity contribution in [2.24, 2.45) is 0 Å². The summed E-state index contributed by atoms with van der Waals surface area (Å²) >= 11 is 5.68. The predicted octanol–water partition coefficient (Wildman–Crippen LogP) is 0.815. The number of carbonyl (C=O) groups is 2. The number of hydrogen-bond donors (Lipinski definition) is 3. The topological polar surface area (TPSA) is 113 Å². The minimum absolute atomic E-state index is 0.0311. The Hall–Kier alpha value is -2.48. The molecule has 9 heteroatoms. The number of aromatic amines is 1. The average Bonchev–Trinajstić information content (AvgIpc) is 2.82. The van der Waals surface area contributed by atoms with Crippen LogP contribution in [0.25, 0.3) is 0 Å². The molecule has 1 aromatic carbocycles. The standard InChI is InChI=1S/C9H7ClN6O2/c10-6-3-1-5(2-4-6)7(17)11-9(18)12-8-13-15-16-14-8/h1-4H,(H3,11,12,13,14,15,16,17,18). The molecular weight excluding hydrogens is 260 g/mol. The summed E-state index contributed by atoms with van der Waals surface area (Å²) < 4.78 is 0. The molecular formula is C9H7ClN6O2. The first kappa shape index (κ1) is 12.0. The van der Waals surface area contributed by atoms with Crippen molar-refractivity contribution in [2.75, 3.05) is 5.32 Å². The SMILES string of the molecule is O=C(NC(=O)c1ccc(Cl)cc1)Nc1nn[nH]n1. The molecule has 0 radical (unpaired) electrons. The lowest BCUT2D eigenvalue weighted by atomic mass is 10.2. The number of halogens is 1. The van der Waals surface area contributed by atoms with Crippen molar-refractivity contribution in [3.63, 3.8) is 0 Å². The smallest absolute Gasteiger partial charge is 0.274 e. The maximum absolute atomic E-state index is 11.6. The molecule has 0 aliphatic carbocycles. The minimum atomic E-state index is -0.753. The summed E-state index contributed by atoms with van der Waals surface area (Å²) in [4.78, 5) is 23.0. The zero-order valence-electron chi connectivity index (χ0n) is 8.85. The van der Waals surface area contributed by atoms with Crippen LogP contribution < -0.4 is 10.6 Å². The Morgan fingerprint density at radius 1 is 1.22 bits per heavy atom. The molecule has 3 amide bonds. The van der Waals surface area contributed by atoms with E-state index in [1.54, 1.807) is 12.1 Å². The van der Waals surface area contributed by atoms with Gasteiger partial charge in [-0.15, -0.1) is 5.10 Å². The average molecular weight is 267 g/mol. The van der Waals surface area contributed by atoms with Crippen LogP contribution in [0, 0.1) is 0 Å². The van der Waals surface area contributed by atoms with Crippen LogP contribution in [0.3, 0.4) is 0 Å². The van der Waals surface area contributed by atoms with Crippen LogP contribution in [0.4, 0.5) is 10.7 Å². The van der Waals surface area contributed by atoms with Crippen LogP contribution in [0.15, 0.2) is 24.3 Å². The zero-order valence-corrected chi connectivity index (χ0v) is 9.60. The van der Waals surface area contributed by atoms with E-state index in [1.165, 1.54) is 12.1 Å². The minimum Gasteiger partial charge on any atom is -0.274 e. The highest BCUT2D eigenvalue weighted by molar-refractivity contribution is 6.30. The number of rotatable bonds is 2. The van der Waals surface area contributed by atoms with Crippen molar-refractivity contribution in [3.8, 4) is 0 Å². The lowest BCUT2D eigenvalue weighted by molar-refractivity contribution is 0.0967. The van der Waals surface area contributed by atoms with Crippen LogP contribution >= 0.6 is 11.6 Å². The molecule has 8 nitrogen and oxygen atoms in total. The van der Waals surface area contributed by atoms with Crippen molar-refractivity contribution in [3.05, 3.63) is 34.9 Å². The second-order valence-corrected chi connectivity index (χ2v) is 3.59. The molecule has 0 saturated carbocycles. The molecule has 0 atom stereocenters. The van der Waals surface area contributed by atoms with Crippen molar-refractivity contribution in [1.82, 2.24) is 25.9 Å². The van der Waals surface area contributed by atoms with Gasteiger partial charge in [-0.25, -0.2) is 4.79 Å². The van der Waals surface area contributed by atoms with Gasteiger partial charge < -0.3 is 0 Å². The van der Waals surface area contributed by atoms with Gasteiger partial charge in [0.25, 0.3) is 11.9 Å². The Labute approximate surface area is 106 Å². The van der Waals surface area contributed by atoms with E-state index >= 15 is 0 Å². The Bertz CT molecular complexity index is 553. The molecule has 0 unspecified atom stereocenters. The molecule has 0 saturated heterocycles. The van der Waals surface area contributed by atoms with E-state index in [-0.39, 0.29) is 5.95 Å². The molecule has 1 heterocycles. The molecule has 3 N–H and O–H groups in total. The summed E-state index contributed by atoms with van der Waals surface area (Å²) in [7, 11) is 0. The van der Waals surface area contributed by atoms with Crippen LogP contribution in [0.1, 0.15) is 10.4 Å². The number of urea groups is 1. The van der Waals surface area contributed by atoms with Crippen LogP contribution in [0.5, 0.6) is 0 Å². The maximum Gasteiger partial charge on any atom is 0.328 e. The van der Waals surface area contributed by atoms with Crippen LogP contribution in [0.2, 0.25) is 5.02 Å². The van der Waals surface area contributed by atoms with Crippen molar-refractivity contribution in [2.45, 2.75) is 0 Å². The summed E-state index contributed by atoms with van der Waals surface area (Å²) in [5.74, 6) is -0.593. The summed E-state index contributed by atoms with van der Waals surface area (Å²) in [5.41, 5.74) is 0.308. The highest BCUT2D eigenvalue weighted by Gasteiger charge is 2.11. The van der Waals surface area contributed by atoms with E-state index in [0.29, 0.717) is 10.6 Å². The normalized spacial score (nSPS) is 9.83. The molecule has 2 rings (SSSR count). The number of carbonyl (C=O) groups excluding carboxylic acids is 2. The summed E-state index contributed by atoms with van der Waals surface area (Å²) in [6.45, 7) is 0. The van der Waals surface area contributed by atoms with Gasteiger partial charge >= 0.3 is 6.03 Å². The fourth-order valence-electron chi connectivity index (χ4n) is 1.12. The van der Waals surface area contributed by atoms with Gasteiger partial charge in [0.2, 0.25) is 0 Å². The highest BCUT2D eigenvalue weighted by atomic mass is 35.5. The molecule has 92 valence electrons. The quantitative estimate of drug-likeness (QED) is 0.745. The van der Waals surface area contributed by atoms with E-state index in [1.807, 2.05) is 0 Å². The number of nitrogens with zero attached hydrogens (tertiary/aromatic N) is 3. The van der Waals surface area contributed by atoms with E-state index in [0.717, 1.165) is 0 Å². The fourth-order valence-corrected chi connectivity index (χ4v) is 1.25. The molecule has 0 bridgehead atoms. The third-order valence-electron chi connectivity index (χ3n) is 1.90. The van der Waals surface area contributed by atoms with E-state index < -0.39 is 11.9 Å². The van der Waals surface area contributed by atoms with Gasteiger partial charge in [-0.2, -0.15) is 5.21 Å². The van der Waals surface area contributed by atoms with E-state index in [2.05, 4.69) is 31.3 Å². The first-order valence-electron chi connectivity index (χ1n) is 4.76. The van der Waals surface area contributed by atoms with E-state index in [9.17, 15) is 9.59 Å². The van der Waals surface area contributed by atoms with Crippen LogP contribution in [-0.2, 0) is 0 Å². The number of nitrogens with one attached hydrogen (secondary N) is 3. The molecule has 1 aromatic heterocycles. The number of amides is 3. The van der Waals surface area contributed by atoms with Crippen molar-refractivity contribution in [1.29, 1.82) is 0 Å². The molecule has 2 aromatic rings. The lowest BCUT2D eigenvalue weighted by Gasteiger charge is -2.03. The van der Waals surface area contributed by atoms with Crippen molar-refractivity contribution < 1.29 is 9.59 Å². The Balaban J connectivity index is 1.95. The first-order chi connectivity index (χ1) is 8.65. The van der Waals surface area contributed by atoms with Gasteiger partial charge in [0, 0.05) is 10.6 Å². The van der Waals surface area contributed by atoms with Crippen LogP contribution in [-0.4, -0.2) is 32.6 Å². The monoisotopic (exact) mass is 266 g/mol. The zero-order chi connectivity index (χ0) is 13.0. The Kier molecular flexibility index (Phi) is 3.49. The second-order valence-electron chi connectivity index (χ2n) is 3.15. The number of H-pyrrole nitrogens is 1. The summed E-state index contributed by atoms with van der Waals surface area (Å²) in [6.07, 6.45) is 0. The first-order valence-corrected chi connectivity index (χ1v) is 5.14. The largest absolute Gasteiger partial charge is 0.328 e. The van der Waals surface area contributed by atoms with E-state index in [4.69, 9.17) is 11.6 Å². The molecule has 18 heavy (non-hydrogen) atoms. The van der Waals surface area contributed by atoms with Gasteiger partial charge in [-0.1, -0.05) is 16.7 Å². The lowest BCUT2D eigenvalue weighted by Crippen LogP contribution is -2.34. The van der Waals surface area contributed by atoms with Crippen molar-refractivity contribution >= 4 is 29.5 Å². The maximum atomic E-state index is 11.6. The number of anilines is 1. The second kappa shape index (κ2) is 5.23. The predicted molar refractivity (Wildman–Crippen MR) is 62.1 cm³/mol. The molecule has 0 spiro atoms. The molecule has 0 aliphatic heterocycles. The highest BCUT2D eigenvalue weighted by Crippen LogP contribution is 2.09. The third-order valence-corrected chi connectivity index (χ3v) is 2.16. The number of tetrazole rings is 1. The number of hydrogen-bond acceptors (Lipinski definition) is 5. The number of imide groups is 1.